The zero-order valence-electron chi connectivity index (χ0n) is 17.2. The van der Waals surface area contributed by atoms with Gasteiger partial charge in [-0.3, -0.25) is 13.2 Å². The van der Waals surface area contributed by atoms with Gasteiger partial charge in [0.1, 0.15) is 0 Å². The van der Waals surface area contributed by atoms with Crippen LogP contribution >= 0.6 is 0 Å². The fourth-order valence-electron chi connectivity index (χ4n) is 7.16. The second-order valence-electron chi connectivity index (χ2n) is 9.77. The summed E-state index contributed by atoms with van der Waals surface area (Å²) in [6.45, 7) is 3.93. The third-order valence-electron chi connectivity index (χ3n) is 8.61. The van der Waals surface area contributed by atoms with Gasteiger partial charge >= 0.3 is 20.6 Å². The van der Waals surface area contributed by atoms with Crippen molar-refractivity contribution >= 4 is 26.4 Å². The van der Waals surface area contributed by atoms with Crippen molar-refractivity contribution in [3.8, 4) is 0 Å². The summed E-state index contributed by atoms with van der Waals surface area (Å²) >= 11 is 0. The number of rotatable bonds is 4. The number of carbonyl (C=O) groups excluding carboxylic acids is 1. The average molecular weight is 463 g/mol. The molecule has 0 aromatic carbocycles. The van der Waals surface area contributed by atoms with Crippen molar-refractivity contribution in [1.29, 1.82) is 0 Å². The molecule has 0 aliphatic heterocycles. The van der Waals surface area contributed by atoms with Crippen molar-refractivity contribution in [2.45, 2.75) is 71.0 Å². The summed E-state index contributed by atoms with van der Waals surface area (Å²) in [6.07, 6.45) is 4.63. The molecule has 0 amide bonds. The lowest BCUT2D eigenvalue weighted by molar-refractivity contribution is -0.136. The van der Waals surface area contributed by atoms with E-state index in [1.807, 2.05) is 13.8 Å². The van der Waals surface area contributed by atoms with Crippen LogP contribution in [0.3, 0.4) is 0 Å². The lowest BCUT2D eigenvalue weighted by atomic mass is 9.45. The van der Waals surface area contributed by atoms with Gasteiger partial charge in [0, 0.05) is 23.7 Å². The van der Waals surface area contributed by atoms with Crippen LogP contribution in [0.25, 0.3) is 0 Å². The van der Waals surface area contributed by atoms with Gasteiger partial charge in [-0.25, -0.2) is 10.3 Å². The standard InChI is InChI=1S/C19H30N2O7S2/c1-18-8-7-14-13-5-4-12(22)9-11(13)3-6-15(14)19(18,2)17(28-30(21,25)26)10-16(18)27-29(20,23)24/h9,13-17H,3-8,10H2,1-2H3,(H2,20,23,24)(H2,21,25,26)/t13-,14+,15+,16-,17-,18+,19-/m0/s1. The van der Waals surface area contributed by atoms with E-state index in [1.165, 1.54) is 5.57 Å². The lowest BCUT2D eigenvalue weighted by Gasteiger charge is -2.60. The van der Waals surface area contributed by atoms with E-state index in [4.69, 9.17) is 18.6 Å². The first-order valence-electron chi connectivity index (χ1n) is 10.4. The number of hydrogen-bond acceptors (Lipinski definition) is 7. The monoisotopic (exact) mass is 462 g/mol. The van der Waals surface area contributed by atoms with Gasteiger partial charge in [0.15, 0.2) is 5.78 Å². The third kappa shape index (κ3) is 3.57. The minimum atomic E-state index is -4.25. The van der Waals surface area contributed by atoms with Gasteiger partial charge in [0.2, 0.25) is 0 Å². The minimum Gasteiger partial charge on any atom is -0.295 e. The first-order valence-corrected chi connectivity index (χ1v) is 13.3. The van der Waals surface area contributed by atoms with E-state index in [0.717, 1.165) is 25.7 Å². The summed E-state index contributed by atoms with van der Waals surface area (Å²) in [5.41, 5.74) is -0.134. The largest absolute Gasteiger partial charge is 0.333 e. The van der Waals surface area contributed by atoms with Crippen molar-refractivity contribution in [2.24, 2.45) is 38.9 Å². The van der Waals surface area contributed by atoms with Crippen LogP contribution in [0.5, 0.6) is 0 Å². The molecule has 0 spiro atoms. The van der Waals surface area contributed by atoms with Crippen LogP contribution in [-0.2, 0) is 33.8 Å². The Morgan fingerprint density at radius 2 is 1.60 bits per heavy atom. The molecule has 4 N–H and O–H groups in total. The van der Waals surface area contributed by atoms with Crippen LogP contribution in [0, 0.1) is 28.6 Å². The Balaban J connectivity index is 1.76. The number of fused-ring (bicyclic) bond motifs is 5. The molecule has 7 atom stereocenters. The first kappa shape index (κ1) is 22.3. The van der Waals surface area contributed by atoms with Crippen molar-refractivity contribution in [3.63, 3.8) is 0 Å². The van der Waals surface area contributed by atoms with Gasteiger partial charge in [-0.15, -0.1) is 0 Å². The van der Waals surface area contributed by atoms with E-state index in [-0.39, 0.29) is 30.0 Å². The van der Waals surface area contributed by atoms with E-state index < -0.39 is 43.6 Å². The zero-order valence-corrected chi connectivity index (χ0v) is 18.9. The van der Waals surface area contributed by atoms with E-state index in [0.29, 0.717) is 12.8 Å². The second-order valence-corrected chi connectivity index (χ2v) is 12.1. The number of hydrogen-bond donors (Lipinski definition) is 2. The van der Waals surface area contributed by atoms with Crippen LogP contribution in [0.2, 0.25) is 0 Å². The van der Waals surface area contributed by atoms with Gasteiger partial charge in [-0.05, 0) is 55.9 Å². The zero-order chi connectivity index (χ0) is 22.1. The van der Waals surface area contributed by atoms with Crippen LogP contribution < -0.4 is 10.3 Å². The lowest BCUT2D eigenvalue weighted by Crippen LogP contribution is -2.57. The minimum absolute atomic E-state index is 0.0783. The normalized spacial score (nSPS) is 44.1. The molecule has 3 saturated carbocycles. The maximum atomic E-state index is 11.9. The van der Waals surface area contributed by atoms with Gasteiger partial charge < -0.3 is 0 Å². The molecule has 170 valence electrons. The molecule has 0 heterocycles. The predicted molar refractivity (Wildman–Crippen MR) is 108 cm³/mol. The highest BCUT2D eigenvalue weighted by molar-refractivity contribution is 7.84. The smallest absolute Gasteiger partial charge is 0.295 e. The van der Waals surface area contributed by atoms with Crippen molar-refractivity contribution < 1.29 is 30.0 Å². The van der Waals surface area contributed by atoms with E-state index in [1.54, 1.807) is 6.08 Å². The van der Waals surface area contributed by atoms with Crippen LogP contribution in [0.15, 0.2) is 11.6 Å². The Morgan fingerprint density at radius 1 is 0.967 bits per heavy atom. The molecule has 9 nitrogen and oxygen atoms in total. The fourth-order valence-corrected chi connectivity index (χ4v) is 8.38. The molecule has 4 rings (SSSR count). The Labute approximate surface area is 178 Å². The highest BCUT2D eigenvalue weighted by Gasteiger charge is 2.69. The summed E-state index contributed by atoms with van der Waals surface area (Å²) in [6, 6.07) is 0. The van der Waals surface area contributed by atoms with Crippen molar-refractivity contribution in [1.82, 2.24) is 0 Å². The van der Waals surface area contributed by atoms with E-state index in [9.17, 15) is 21.6 Å². The number of ketones is 1. The number of nitrogens with two attached hydrogens (primary N) is 2. The van der Waals surface area contributed by atoms with Crippen LogP contribution in [0.1, 0.15) is 58.8 Å². The van der Waals surface area contributed by atoms with Crippen LogP contribution in [0.4, 0.5) is 0 Å². The number of carbonyl (C=O) groups is 1. The molecule has 30 heavy (non-hydrogen) atoms. The second kappa shape index (κ2) is 7.08. The molecule has 0 radical (unpaired) electrons. The molecule has 0 unspecified atom stereocenters. The summed E-state index contributed by atoms with van der Waals surface area (Å²) in [7, 11) is -8.48. The molecule has 0 saturated heterocycles. The molecule has 0 aromatic rings. The summed E-state index contributed by atoms with van der Waals surface area (Å²) < 4.78 is 57.8. The average Bonchev–Trinajstić information content (AvgIpc) is 2.80. The van der Waals surface area contributed by atoms with E-state index >= 15 is 0 Å². The van der Waals surface area contributed by atoms with Crippen molar-refractivity contribution in [2.75, 3.05) is 0 Å². The van der Waals surface area contributed by atoms with Crippen molar-refractivity contribution in [3.05, 3.63) is 11.6 Å². The molecule has 0 bridgehead atoms. The molecule has 0 aromatic heterocycles. The Morgan fingerprint density at radius 3 is 2.23 bits per heavy atom. The quantitative estimate of drug-likeness (QED) is 0.638. The van der Waals surface area contributed by atoms with E-state index in [2.05, 4.69) is 0 Å². The van der Waals surface area contributed by atoms with Gasteiger partial charge in [0.05, 0.1) is 12.2 Å². The third-order valence-corrected chi connectivity index (χ3v) is 9.61. The maximum absolute atomic E-state index is 11.9. The van der Waals surface area contributed by atoms with Gasteiger partial charge in [-0.2, -0.15) is 16.8 Å². The molecule has 4 aliphatic rings. The highest BCUT2D eigenvalue weighted by Crippen LogP contribution is 2.69. The SMILES string of the molecule is C[C@]12[C@@H](OS(N)(=O)=O)C[C@H](OS(N)(=O)=O)[C@@]1(C)CC[C@H]1[C@H]2CCC2=CC(=O)CC[C@@H]21. The Bertz CT molecular complexity index is 992. The topological polar surface area (TPSA) is 156 Å². The summed E-state index contributed by atoms with van der Waals surface area (Å²) in [5, 5.41) is 10.4. The molecule has 4 aliphatic carbocycles. The molecule has 3 fully saturated rings. The molecule has 11 heteroatoms. The maximum Gasteiger partial charge on any atom is 0.333 e. The molecular weight excluding hydrogens is 432 g/mol. The van der Waals surface area contributed by atoms with Gasteiger partial charge in [0.25, 0.3) is 0 Å². The first-order chi connectivity index (χ1) is 13.7. The van der Waals surface area contributed by atoms with Gasteiger partial charge in [-0.1, -0.05) is 19.4 Å². The highest BCUT2D eigenvalue weighted by atomic mass is 32.2. The molecular formula is C19H30N2O7S2. The summed E-state index contributed by atoms with van der Waals surface area (Å²) in [5.74, 6) is 0.823. The Kier molecular flexibility index (Phi) is 5.27. The summed E-state index contributed by atoms with van der Waals surface area (Å²) in [4.78, 5) is 11.9. The number of allylic oxidation sites excluding steroid dienone is 1. The van der Waals surface area contributed by atoms with Crippen LogP contribution in [-0.4, -0.2) is 34.8 Å². The fraction of sp³-hybridized carbons (Fsp3) is 0.842. The predicted octanol–water partition coefficient (Wildman–Crippen LogP) is 1.31. The Hall–Kier alpha value is -0.850.